The number of carbonyl (C=O) groups excluding carboxylic acids is 1. The highest BCUT2D eigenvalue weighted by molar-refractivity contribution is 5.85. The van der Waals surface area contributed by atoms with E-state index in [1.165, 1.54) is 0 Å². The number of primary amides is 1. The summed E-state index contributed by atoms with van der Waals surface area (Å²) < 4.78 is 0. The molecule has 0 heterocycles. The molecule has 0 aromatic heterocycles. The summed E-state index contributed by atoms with van der Waals surface area (Å²) in [6, 6.07) is 5.79. The Bertz CT molecular complexity index is 522. The number of hydrogen-bond acceptors (Lipinski definition) is 3. The van der Waals surface area contributed by atoms with Crippen molar-refractivity contribution in [1.82, 2.24) is 5.32 Å². The monoisotopic (exact) mass is 261 g/mol. The zero-order valence-electron chi connectivity index (χ0n) is 11.5. The van der Waals surface area contributed by atoms with Crippen LogP contribution in [-0.4, -0.2) is 19.0 Å². The van der Waals surface area contributed by atoms with E-state index in [1.54, 1.807) is 6.92 Å². The lowest BCUT2D eigenvalue weighted by molar-refractivity contribution is -0.124. The third-order valence-corrected chi connectivity index (χ3v) is 3.33. The van der Waals surface area contributed by atoms with Crippen LogP contribution in [-0.2, 0) is 10.3 Å². The zero-order valence-corrected chi connectivity index (χ0v) is 11.5. The number of nitrogens with one attached hydrogen (secondary N) is 1. The molecular weight excluding hydrogens is 242 g/mol. The Kier molecular flexibility index (Phi) is 4.92. The van der Waals surface area contributed by atoms with Gasteiger partial charge in [-0.3, -0.25) is 10.1 Å². The highest BCUT2D eigenvalue weighted by atomic mass is 16.1. The van der Waals surface area contributed by atoms with E-state index in [4.69, 9.17) is 11.3 Å². The molecule has 19 heavy (non-hydrogen) atoms. The molecule has 102 valence electrons. The van der Waals surface area contributed by atoms with Crippen molar-refractivity contribution >= 4 is 5.91 Å². The summed E-state index contributed by atoms with van der Waals surface area (Å²) in [6.07, 6.45) is 0. The first-order valence-electron chi connectivity index (χ1n) is 6.05. The van der Waals surface area contributed by atoms with Crippen LogP contribution in [0.5, 0.6) is 0 Å². The number of nitrogens with zero attached hydrogens (tertiary/aromatic N) is 3. The summed E-state index contributed by atoms with van der Waals surface area (Å²) in [5.41, 5.74) is 15.8. The van der Waals surface area contributed by atoms with E-state index in [0.717, 1.165) is 16.7 Å². The van der Waals surface area contributed by atoms with Gasteiger partial charge in [0, 0.05) is 18.0 Å². The number of nitrogens with two attached hydrogens (primary N) is 1. The molecule has 0 aliphatic carbocycles. The predicted octanol–water partition coefficient (Wildman–Crippen LogP) is 1.90. The molecule has 0 radical (unpaired) electrons. The van der Waals surface area contributed by atoms with Crippen molar-refractivity contribution < 1.29 is 4.79 Å². The SMILES string of the molecule is Cc1ccc(C(C)(NCCN=[N+]=[N-])C(N)=O)cc1C. The number of hydrogen-bond donors (Lipinski definition) is 2. The van der Waals surface area contributed by atoms with Crippen LogP contribution in [0.1, 0.15) is 23.6 Å². The van der Waals surface area contributed by atoms with Crippen LogP contribution in [0.2, 0.25) is 0 Å². The lowest BCUT2D eigenvalue weighted by Crippen LogP contribution is -2.51. The van der Waals surface area contributed by atoms with Gasteiger partial charge in [0.25, 0.3) is 0 Å². The highest BCUT2D eigenvalue weighted by Gasteiger charge is 2.32. The van der Waals surface area contributed by atoms with Crippen molar-refractivity contribution in [2.24, 2.45) is 10.8 Å². The third-order valence-electron chi connectivity index (χ3n) is 3.33. The predicted molar refractivity (Wildman–Crippen MR) is 74.5 cm³/mol. The second kappa shape index (κ2) is 6.22. The Morgan fingerprint density at radius 1 is 1.47 bits per heavy atom. The summed E-state index contributed by atoms with van der Waals surface area (Å²) in [7, 11) is 0. The molecule has 3 N–H and O–H groups in total. The summed E-state index contributed by atoms with van der Waals surface area (Å²) in [5.74, 6) is -0.461. The molecule has 0 saturated heterocycles. The molecule has 1 amide bonds. The molecule has 1 atom stereocenters. The maximum absolute atomic E-state index is 11.7. The molecule has 0 spiro atoms. The fraction of sp³-hybridized carbons (Fsp3) is 0.462. The standard InChI is InChI=1S/C13H19N5O/c1-9-4-5-11(8-10(9)2)13(3,12(14)19)16-6-7-17-18-15/h4-5,8,16H,6-7H2,1-3H3,(H2,14,19). The Morgan fingerprint density at radius 2 is 2.16 bits per heavy atom. The van der Waals surface area contributed by atoms with E-state index < -0.39 is 11.4 Å². The van der Waals surface area contributed by atoms with Crippen LogP contribution in [0.15, 0.2) is 23.3 Å². The van der Waals surface area contributed by atoms with Gasteiger partial charge in [0.05, 0.1) is 0 Å². The van der Waals surface area contributed by atoms with E-state index in [9.17, 15) is 4.79 Å². The molecule has 1 unspecified atom stereocenters. The summed E-state index contributed by atoms with van der Waals surface area (Å²) in [6.45, 7) is 6.38. The van der Waals surface area contributed by atoms with Crippen LogP contribution in [0.25, 0.3) is 10.4 Å². The Labute approximate surface area is 112 Å². The van der Waals surface area contributed by atoms with Crippen LogP contribution in [0.4, 0.5) is 0 Å². The molecule has 1 aromatic carbocycles. The maximum atomic E-state index is 11.7. The minimum absolute atomic E-state index is 0.268. The first kappa shape index (κ1) is 15.0. The minimum atomic E-state index is -0.969. The van der Waals surface area contributed by atoms with Crippen molar-refractivity contribution in [2.75, 3.05) is 13.1 Å². The van der Waals surface area contributed by atoms with Gasteiger partial charge < -0.3 is 5.73 Å². The average molecular weight is 261 g/mol. The molecule has 0 saturated carbocycles. The number of amides is 1. The first-order chi connectivity index (χ1) is 8.91. The zero-order chi connectivity index (χ0) is 14.5. The van der Waals surface area contributed by atoms with Gasteiger partial charge in [-0.1, -0.05) is 23.3 Å². The second-order valence-corrected chi connectivity index (χ2v) is 4.67. The lowest BCUT2D eigenvalue weighted by atomic mass is 9.89. The topological polar surface area (TPSA) is 104 Å². The van der Waals surface area contributed by atoms with Crippen LogP contribution < -0.4 is 11.1 Å². The van der Waals surface area contributed by atoms with E-state index in [1.807, 2.05) is 32.0 Å². The Hall–Kier alpha value is -2.04. The van der Waals surface area contributed by atoms with E-state index in [2.05, 4.69) is 15.3 Å². The van der Waals surface area contributed by atoms with Gasteiger partial charge in [0.15, 0.2) is 0 Å². The van der Waals surface area contributed by atoms with Crippen LogP contribution >= 0.6 is 0 Å². The molecule has 0 bridgehead atoms. The van der Waals surface area contributed by atoms with Crippen LogP contribution in [0, 0.1) is 13.8 Å². The molecule has 1 aromatic rings. The van der Waals surface area contributed by atoms with Gasteiger partial charge in [-0.25, -0.2) is 0 Å². The molecular formula is C13H19N5O. The van der Waals surface area contributed by atoms with Crippen molar-refractivity contribution in [3.05, 3.63) is 45.3 Å². The van der Waals surface area contributed by atoms with Gasteiger partial charge in [0.1, 0.15) is 5.54 Å². The number of carbonyl (C=O) groups is 1. The van der Waals surface area contributed by atoms with E-state index >= 15 is 0 Å². The number of rotatable bonds is 6. The fourth-order valence-electron chi connectivity index (χ4n) is 1.78. The highest BCUT2D eigenvalue weighted by Crippen LogP contribution is 2.22. The molecule has 0 aliphatic heterocycles. The quantitative estimate of drug-likeness (QED) is 0.353. The van der Waals surface area contributed by atoms with Crippen molar-refractivity contribution in [3.63, 3.8) is 0 Å². The van der Waals surface area contributed by atoms with Crippen LogP contribution in [0.3, 0.4) is 0 Å². The maximum Gasteiger partial charge on any atom is 0.242 e. The molecule has 1 rings (SSSR count). The average Bonchev–Trinajstić information content (AvgIpc) is 2.37. The number of azide groups is 1. The third kappa shape index (κ3) is 3.47. The summed E-state index contributed by atoms with van der Waals surface area (Å²) in [5, 5.41) is 6.48. The van der Waals surface area contributed by atoms with Crippen molar-refractivity contribution in [3.8, 4) is 0 Å². The van der Waals surface area contributed by atoms with Gasteiger partial charge >= 0.3 is 0 Å². The van der Waals surface area contributed by atoms with Gasteiger partial charge in [-0.15, -0.1) is 0 Å². The smallest absolute Gasteiger partial charge is 0.242 e. The summed E-state index contributed by atoms with van der Waals surface area (Å²) in [4.78, 5) is 14.4. The van der Waals surface area contributed by atoms with Crippen molar-refractivity contribution in [1.29, 1.82) is 0 Å². The first-order valence-corrected chi connectivity index (χ1v) is 6.05. The Morgan fingerprint density at radius 3 is 2.68 bits per heavy atom. The van der Waals surface area contributed by atoms with Crippen molar-refractivity contribution in [2.45, 2.75) is 26.3 Å². The fourth-order valence-corrected chi connectivity index (χ4v) is 1.78. The van der Waals surface area contributed by atoms with Gasteiger partial charge in [0.2, 0.25) is 5.91 Å². The molecule has 0 aliphatic rings. The minimum Gasteiger partial charge on any atom is -0.368 e. The number of benzene rings is 1. The van der Waals surface area contributed by atoms with E-state index in [0.29, 0.717) is 6.54 Å². The largest absolute Gasteiger partial charge is 0.368 e. The molecule has 0 fully saturated rings. The second-order valence-electron chi connectivity index (χ2n) is 4.67. The van der Waals surface area contributed by atoms with Gasteiger partial charge in [-0.2, -0.15) is 0 Å². The summed E-state index contributed by atoms with van der Waals surface area (Å²) >= 11 is 0. The number of aryl methyl sites for hydroxylation is 2. The van der Waals surface area contributed by atoms with Gasteiger partial charge in [-0.05, 0) is 43.0 Å². The Balaban J connectivity index is 3.00. The molecule has 6 heteroatoms. The molecule has 6 nitrogen and oxygen atoms in total. The normalized spacial score (nSPS) is 13.4. The van der Waals surface area contributed by atoms with E-state index in [-0.39, 0.29) is 6.54 Å². The lowest BCUT2D eigenvalue weighted by Gasteiger charge is -2.28.